The molecule has 0 saturated carbocycles. The third kappa shape index (κ3) is 7.51. The minimum absolute atomic E-state index is 0.0813. The second kappa shape index (κ2) is 9.07. The number of rotatable bonds is 9. The van der Waals surface area contributed by atoms with Crippen molar-refractivity contribution in [3.05, 3.63) is 35.6 Å². The fourth-order valence-electron chi connectivity index (χ4n) is 1.83. The van der Waals surface area contributed by atoms with E-state index in [1.54, 1.807) is 12.1 Å². The highest BCUT2D eigenvalue weighted by Gasteiger charge is 2.03. The normalized spacial score (nSPS) is 10.2. The molecule has 0 atom stereocenters. The van der Waals surface area contributed by atoms with E-state index in [9.17, 15) is 14.0 Å². The standard InChI is InChI=1S/C15H20FNO3/c16-13-8-6-12(7-9-13)11-14(18)17-10-4-2-1-3-5-15(19)20/h6-9H,1-5,10-11H2,(H,17,18)(H,19,20). The van der Waals surface area contributed by atoms with Crippen molar-refractivity contribution in [2.75, 3.05) is 6.54 Å². The molecule has 0 aliphatic rings. The van der Waals surface area contributed by atoms with E-state index >= 15 is 0 Å². The number of aliphatic carboxylic acids is 1. The molecule has 1 rings (SSSR count). The summed E-state index contributed by atoms with van der Waals surface area (Å²) in [5, 5.41) is 11.3. The molecule has 0 radical (unpaired) electrons. The van der Waals surface area contributed by atoms with Crippen LogP contribution in [0.2, 0.25) is 0 Å². The molecule has 110 valence electrons. The van der Waals surface area contributed by atoms with Crippen LogP contribution in [0.1, 0.15) is 37.7 Å². The number of unbranched alkanes of at least 4 members (excludes halogenated alkanes) is 3. The van der Waals surface area contributed by atoms with Crippen LogP contribution in [0.15, 0.2) is 24.3 Å². The van der Waals surface area contributed by atoms with Gasteiger partial charge in [0.2, 0.25) is 5.91 Å². The van der Waals surface area contributed by atoms with Crippen molar-refractivity contribution in [1.29, 1.82) is 0 Å². The number of halogens is 1. The Morgan fingerprint density at radius 2 is 1.70 bits per heavy atom. The Bertz CT molecular complexity index is 431. The van der Waals surface area contributed by atoms with Gasteiger partial charge in [-0.2, -0.15) is 0 Å². The molecule has 1 aromatic carbocycles. The number of amides is 1. The van der Waals surface area contributed by atoms with Crippen LogP contribution >= 0.6 is 0 Å². The van der Waals surface area contributed by atoms with Gasteiger partial charge in [0.05, 0.1) is 6.42 Å². The minimum Gasteiger partial charge on any atom is -0.481 e. The zero-order valence-electron chi connectivity index (χ0n) is 11.4. The van der Waals surface area contributed by atoms with Crippen LogP contribution in [0.5, 0.6) is 0 Å². The summed E-state index contributed by atoms with van der Waals surface area (Å²) in [6, 6.07) is 5.87. The van der Waals surface area contributed by atoms with Gasteiger partial charge in [0.1, 0.15) is 5.82 Å². The van der Waals surface area contributed by atoms with Gasteiger partial charge in [-0.1, -0.05) is 25.0 Å². The van der Waals surface area contributed by atoms with Crippen LogP contribution in [0, 0.1) is 5.82 Å². The quantitative estimate of drug-likeness (QED) is 0.683. The largest absolute Gasteiger partial charge is 0.481 e. The zero-order chi connectivity index (χ0) is 14.8. The Balaban J connectivity index is 2.05. The number of carboxylic acids is 1. The van der Waals surface area contributed by atoms with Crippen LogP contribution in [0.3, 0.4) is 0 Å². The van der Waals surface area contributed by atoms with Gasteiger partial charge < -0.3 is 10.4 Å². The second-order valence-corrected chi connectivity index (χ2v) is 4.71. The molecule has 0 aliphatic heterocycles. The lowest BCUT2D eigenvalue weighted by molar-refractivity contribution is -0.137. The summed E-state index contributed by atoms with van der Waals surface area (Å²) in [6.45, 7) is 0.590. The summed E-state index contributed by atoms with van der Waals surface area (Å²) in [5.74, 6) is -1.16. The molecule has 4 nitrogen and oxygen atoms in total. The van der Waals surface area contributed by atoms with Crippen LogP contribution in [-0.2, 0) is 16.0 Å². The van der Waals surface area contributed by atoms with Gasteiger partial charge in [0.15, 0.2) is 0 Å². The van der Waals surface area contributed by atoms with Crippen LogP contribution in [0.25, 0.3) is 0 Å². The van der Waals surface area contributed by atoms with Crippen LogP contribution in [0.4, 0.5) is 4.39 Å². The van der Waals surface area contributed by atoms with Crippen molar-refractivity contribution in [3.8, 4) is 0 Å². The van der Waals surface area contributed by atoms with E-state index in [1.807, 2.05) is 0 Å². The molecule has 1 aromatic rings. The number of hydrogen-bond acceptors (Lipinski definition) is 2. The maximum Gasteiger partial charge on any atom is 0.303 e. The predicted molar refractivity (Wildman–Crippen MR) is 73.8 cm³/mol. The lowest BCUT2D eigenvalue weighted by atomic mass is 10.1. The number of hydrogen-bond donors (Lipinski definition) is 2. The van der Waals surface area contributed by atoms with E-state index in [0.29, 0.717) is 13.0 Å². The first-order valence-electron chi connectivity index (χ1n) is 6.81. The van der Waals surface area contributed by atoms with Crippen LogP contribution in [-0.4, -0.2) is 23.5 Å². The Kier molecular flexibility index (Phi) is 7.32. The van der Waals surface area contributed by atoms with E-state index in [-0.39, 0.29) is 24.6 Å². The number of carbonyl (C=O) groups excluding carboxylic acids is 1. The molecule has 0 aliphatic carbocycles. The van der Waals surface area contributed by atoms with Crippen LogP contribution < -0.4 is 5.32 Å². The van der Waals surface area contributed by atoms with Gasteiger partial charge in [-0.05, 0) is 30.5 Å². The maximum absolute atomic E-state index is 12.7. The predicted octanol–water partition coefficient (Wildman–Crippen LogP) is 2.52. The summed E-state index contributed by atoms with van der Waals surface area (Å²) < 4.78 is 12.7. The number of carboxylic acid groups (broad SMARTS) is 1. The Morgan fingerprint density at radius 3 is 2.35 bits per heavy atom. The molecular formula is C15H20FNO3. The Hall–Kier alpha value is -1.91. The molecule has 2 N–H and O–H groups in total. The van der Waals surface area contributed by atoms with Crippen molar-refractivity contribution in [1.82, 2.24) is 5.32 Å². The minimum atomic E-state index is -0.766. The molecule has 0 bridgehead atoms. The van der Waals surface area contributed by atoms with E-state index in [4.69, 9.17) is 5.11 Å². The average molecular weight is 281 g/mol. The summed E-state index contributed by atoms with van der Waals surface area (Å²) in [6.07, 6.45) is 3.74. The molecule has 0 fully saturated rings. The van der Waals surface area contributed by atoms with Crippen molar-refractivity contribution >= 4 is 11.9 Å². The Labute approximate surface area is 118 Å². The van der Waals surface area contributed by atoms with Crippen molar-refractivity contribution in [2.24, 2.45) is 0 Å². The molecule has 0 aromatic heterocycles. The van der Waals surface area contributed by atoms with E-state index < -0.39 is 5.97 Å². The van der Waals surface area contributed by atoms with Gasteiger partial charge in [-0.25, -0.2) is 4.39 Å². The summed E-state index contributed by atoms with van der Waals surface area (Å²) >= 11 is 0. The third-order valence-electron chi connectivity index (χ3n) is 2.92. The van der Waals surface area contributed by atoms with E-state index in [1.165, 1.54) is 12.1 Å². The highest BCUT2D eigenvalue weighted by Crippen LogP contribution is 2.04. The first-order valence-corrected chi connectivity index (χ1v) is 6.81. The molecule has 0 spiro atoms. The molecule has 0 unspecified atom stereocenters. The smallest absolute Gasteiger partial charge is 0.303 e. The molecule has 20 heavy (non-hydrogen) atoms. The van der Waals surface area contributed by atoms with E-state index in [2.05, 4.69) is 5.32 Å². The molecular weight excluding hydrogens is 261 g/mol. The fraction of sp³-hybridized carbons (Fsp3) is 0.467. The summed E-state index contributed by atoms with van der Waals surface area (Å²) in [5.41, 5.74) is 0.783. The van der Waals surface area contributed by atoms with Crippen molar-refractivity contribution in [3.63, 3.8) is 0 Å². The molecule has 0 saturated heterocycles. The first-order chi connectivity index (χ1) is 9.58. The second-order valence-electron chi connectivity index (χ2n) is 4.71. The molecule has 1 amide bonds. The fourth-order valence-corrected chi connectivity index (χ4v) is 1.83. The summed E-state index contributed by atoms with van der Waals surface area (Å²) in [7, 11) is 0. The SMILES string of the molecule is O=C(O)CCCCCCNC(=O)Cc1ccc(F)cc1. The van der Waals surface area contributed by atoms with Crippen molar-refractivity contribution < 1.29 is 19.1 Å². The zero-order valence-corrected chi connectivity index (χ0v) is 11.4. The van der Waals surface area contributed by atoms with Gasteiger partial charge in [-0.3, -0.25) is 9.59 Å². The monoisotopic (exact) mass is 281 g/mol. The highest BCUT2D eigenvalue weighted by molar-refractivity contribution is 5.78. The summed E-state index contributed by atoms with van der Waals surface area (Å²) in [4.78, 5) is 21.9. The third-order valence-corrected chi connectivity index (χ3v) is 2.92. The first kappa shape index (κ1) is 16.1. The topological polar surface area (TPSA) is 66.4 Å². The molecule has 0 heterocycles. The lowest BCUT2D eigenvalue weighted by Crippen LogP contribution is -2.26. The lowest BCUT2D eigenvalue weighted by Gasteiger charge is -2.05. The van der Waals surface area contributed by atoms with Crippen molar-refractivity contribution in [2.45, 2.75) is 38.5 Å². The van der Waals surface area contributed by atoms with Gasteiger partial charge >= 0.3 is 5.97 Å². The number of nitrogens with one attached hydrogen (secondary N) is 1. The molecule has 5 heteroatoms. The highest BCUT2D eigenvalue weighted by atomic mass is 19.1. The van der Waals surface area contributed by atoms with Gasteiger partial charge in [0, 0.05) is 13.0 Å². The average Bonchev–Trinajstić information content (AvgIpc) is 2.40. The van der Waals surface area contributed by atoms with E-state index in [0.717, 1.165) is 24.8 Å². The Morgan fingerprint density at radius 1 is 1.05 bits per heavy atom. The maximum atomic E-state index is 12.7. The number of carbonyl (C=O) groups is 2. The van der Waals surface area contributed by atoms with Gasteiger partial charge in [0.25, 0.3) is 0 Å². The number of benzene rings is 1. The van der Waals surface area contributed by atoms with Gasteiger partial charge in [-0.15, -0.1) is 0 Å².